The molecular weight excluding hydrogens is 609 g/mol. The molecule has 0 N–H and O–H groups in total. The van der Waals surface area contributed by atoms with Crippen LogP contribution in [-0.4, -0.2) is 0 Å². The van der Waals surface area contributed by atoms with Crippen molar-refractivity contribution in [3.8, 4) is 0 Å². The Morgan fingerprint density at radius 3 is 0.800 bits per heavy atom. The fourth-order valence-electron chi connectivity index (χ4n) is 0. The summed E-state index contributed by atoms with van der Waals surface area (Å²) in [5.41, 5.74) is 0. The minimum Gasteiger partial charge on any atom is 2.00 e. The third-order valence-electron chi connectivity index (χ3n) is 0. The summed E-state index contributed by atoms with van der Waals surface area (Å²) in [6.45, 7) is 0. The molecule has 0 unspecified atom stereocenters. The molecule has 0 aromatic carbocycles. The number of halogens is 2. The largest absolute Gasteiger partial charge is 2.00 e. The van der Waals surface area contributed by atoms with E-state index in [0.717, 1.165) is 0 Å². The molecule has 5 heteroatoms. The molecule has 0 fully saturated rings. The van der Waals surface area contributed by atoms with Crippen LogP contribution in [0.15, 0.2) is 0 Å². The Morgan fingerprint density at radius 2 is 0.800 bits per heavy atom. The molecule has 0 nitrogen and oxygen atoms in total. The Kier molecular flexibility index (Phi) is 90.8. The molecule has 0 aromatic heterocycles. The predicted molar refractivity (Wildman–Crippen MR) is 17.9 cm³/mol. The van der Waals surface area contributed by atoms with E-state index in [-0.39, 0.29) is 16.5 Å². The van der Waals surface area contributed by atoms with Crippen LogP contribution in [0.2, 0.25) is 0 Å². The van der Waals surface area contributed by atoms with Crippen LogP contribution >= 0.6 is 26.6 Å². The van der Waals surface area contributed by atoms with Crippen molar-refractivity contribution in [1.29, 1.82) is 0 Å². The Labute approximate surface area is 77.2 Å². The van der Waals surface area contributed by atoms with Gasteiger partial charge in [0.1, 0.15) is 0 Å². The maximum Gasteiger partial charge on any atom is 2.00 e. The quantitative estimate of drug-likeness (QED) is 0.368. The summed E-state index contributed by atoms with van der Waals surface area (Å²) in [6, 6.07) is 0. The molecule has 5 heavy (non-hydrogen) atoms. The van der Waals surface area contributed by atoms with Crippen LogP contribution in [0.25, 0.3) is 0 Å². The SMILES string of the molecule is [Br][Pt-].[Br][Pt-].[Ni+2]. The Balaban J connectivity index is -0.0000000133. The van der Waals surface area contributed by atoms with Gasteiger partial charge in [-0.25, -0.2) is 0 Å². The molecule has 0 aliphatic carbocycles. The topological polar surface area (TPSA) is 0 Å². The first-order valence-corrected chi connectivity index (χ1v) is 10.2. The number of hydrogen-bond donors (Lipinski definition) is 0. The second-order valence-corrected chi connectivity index (χ2v) is 0. The zero-order valence-corrected chi connectivity index (χ0v) is 10.4. The van der Waals surface area contributed by atoms with Crippen molar-refractivity contribution in [1.82, 2.24) is 0 Å². The molecule has 0 aliphatic rings. The van der Waals surface area contributed by atoms with Crippen LogP contribution in [0.3, 0.4) is 0 Å². The van der Waals surface area contributed by atoms with Crippen molar-refractivity contribution >= 4 is 26.6 Å². The van der Waals surface area contributed by atoms with E-state index in [1.807, 2.05) is 35.5 Å². The maximum atomic E-state index is 2.91. The second kappa shape index (κ2) is 29.0. The van der Waals surface area contributed by atoms with E-state index in [1.54, 1.807) is 0 Å². The van der Waals surface area contributed by atoms with Gasteiger partial charge in [0.25, 0.3) is 0 Å². The first kappa shape index (κ1) is 15.7. The van der Waals surface area contributed by atoms with Crippen LogP contribution in [-0.2, 0) is 52.0 Å². The molecule has 0 amide bonds. The van der Waals surface area contributed by atoms with Gasteiger partial charge in [-0.2, -0.15) is 0 Å². The third-order valence-corrected chi connectivity index (χ3v) is 0. The van der Waals surface area contributed by atoms with Gasteiger partial charge in [-0.3, -0.25) is 0 Å². The summed E-state index contributed by atoms with van der Waals surface area (Å²) < 4.78 is 0. The zero-order chi connectivity index (χ0) is 4.00. The summed E-state index contributed by atoms with van der Waals surface area (Å²) in [5, 5.41) is 0. The van der Waals surface area contributed by atoms with Gasteiger partial charge in [0.05, 0.1) is 0 Å². The predicted octanol–water partition coefficient (Wildman–Crippen LogP) is 1.68. The molecule has 0 saturated carbocycles. The van der Waals surface area contributed by atoms with Crippen LogP contribution in [0.1, 0.15) is 0 Å². The molecule has 0 heterocycles. The average Bonchev–Trinajstić information content (AvgIpc) is 1.50. The molecule has 0 atom stereocenters. The Bertz CT molecular complexity index is 7.61. The van der Waals surface area contributed by atoms with Crippen molar-refractivity contribution < 1.29 is 52.0 Å². The monoisotopic (exact) mass is 606 g/mol. The van der Waals surface area contributed by atoms with Crippen molar-refractivity contribution in [3.63, 3.8) is 0 Å². The molecule has 0 saturated heterocycles. The fourth-order valence-corrected chi connectivity index (χ4v) is 0. The van der Waals surface area contributed by atoms with Crippen LogP contribution in [0.4, 0.5) is 0 Å². The minimum atomic E-state index is 0. The van der Waals surface area contributed by atoms with Crippen LogP contribution in [0.5, 0.6) is 0 Å². The fraction of sp³-hybridized carbons (Fsp3) is 0. The third kappa shape index (κ3) is 19.9. The molecule has 0 spiro atoms. The zero-order valence-electron chi connectivity index (χ0n) is 1.70. The van der Waals surface area contributed by atoms with E-state index in [9.17, 15) is 0 Å². The van der Waals surface area contributed by atoms with E-state index >= 15 is 0 Å². The van der Waals surface area contributed by atoms with Gasteiger partial charge in [-0.05, 0) is 0 Å². The standard InChI is InChI=1S/2BrH.Ni.2Pt/h2*1H;;;/q;;+2;;/p-2. The van der Waals surface area contributed by atoms with E-state index < -0.39 is 0 Å². The average molecular weight is 609 g/mol. The van der Waals surface area contributed by atoms with E-state index in [0.29, 0.717) is 0 Å². The first-order chi connectivity index (χ1) is 2.00. The Morgan fingerprint density at radius 1 is 0.800 bits per heavy atom. The molecule has 0 aromatic rings. The van der Waals surface area contributed by atoms with Gasteiger partial charge in [-0.15, -0.1) is 0 Å². The van der Waals surface area contributed by atoms with Gasteiger partial charge < -0.3 is 0 Å². The van der Waals surface area contributed by atoms with Gasteiger partial charge in [0.2, 0.25) is 0 Å². The Hall–Kier alpha value is 2.83. The van der Waals surface area contributed by atoms with Crippen LogP contribution < -0.4 is 0 Å². The molecular formula is Br2NiPt2. The van der Waals surface area contributed by atoms with Crippen molar-refractivity contribution in [3.05, 3.63) is 0 Å². The summed E-state index contributed by atoms with van der Waals surface area (Å²) in [4.78, 5) is 0. The molecule has 0 rings (SSSR count). The van der Waals surface area contributed by atoms with Crippen LogP contribution in [0, 0.1) is 0 Å². The summed E-state index contributed by atoms with van der Waals surface area (Å²) in [5.74, 6) is 0. The number of hydrogen-bond acceptors (Lipinski definition) is 0. The summed E-state index contributed by atoms with van der Waals surface area (Å²) >= 11 is 9.72. The smallest absolute Gasteiger partial charge is 2.00 e. The van der Waals surface area contributed by atoms with Crippen molar-refractivity contribution in [2.75, 3.05) is 0 Å². The summed E-state index contributed by atoms with van der Waals surface area (Å²) in [6.07, 6.45) is 0. The maximum absolute atomic E-state index is 2.91. The van der Waals surface area contributed by atoms with E-state index in [1.165, 1.54) is 0 Å². The number of rotatable bonds is 0. The van der Waals surface area contributed by atoms with E-state index in [4.69, 9.17) is 0 Å². The molecule has 0 bridgehead atoms. The molecule has 0 radical (unpaired) electrons. The van der Waals surface area contributed by atoms with Gasteiger partial charge >= 0.3 is 78.6 Å². The first-order valence-electron chi connectivity index (χ1n) is 0.239. The van der Waals surface area contributed by atoms with Gasteiger partial charge in [-0.1, -0.05) is 0 Å². The van der Waals surface area contributed by atoms with Crippen molar-refractivity contribution in [2.24, 2.45) is 0 Å². The molecule has 0 aliphatic heterocycles. The van der Waals surface area contributed by atoms with Gasteiger partial charge in [0, 0.05) is 0 Å². The van der Waals surface area contributed by atoms with Gasteiger partial charge in [0.15, 0.2) is 0 Å². The van der Waals surface area contributed by atoms with Crippen molar-refractivity contribution in [2.45, 2.75) is 0 Å². The minimum absolute atomic E-state index is 0. The normalized spacial score (nSPS) is 2.80. The summed E-state index contributed by atoms with van der Waals surface area (Å²) in [7, 11) is 0. The molecule has 44 valence electrons. The van der Waals surface area contributed by atoms with E-state index in [2.05, 4.69) is 26.6 Å². The second-order valence-electron chi connectivity index (χ2n) is 0.